The van der Waals surface area contributed by atoms with Crippen molar-refractivity contribution in [1.29, 1.82) is 0 Å². The standard InChI is InChI=1S/C26H36N4O2/c1-20-7-6-14-27-24(20)25(32)28-19-26(21-8-4-3-5-9-21)12-10-22(23(31)11-13-26)30-17-15-29(2)16-18-30/h3-9,14,22-23,31H,10-13,15-19H2,1-2H3,(H,28,32)/t22-,23-,26-/m0/s1. The van der Waals surface area contributed by atoms with Crippen molar-refractivity contribution in [1.82, 2.24) is 20.1 Å². The first-order valence-corrected chi connectivity index (χ1v) is 11.8. The number of aryl methyl sites for hydroxylation is 1. The second-order valence-corrected chi connectivity index (χ2v) is 9.55. The highest BCUT2D eigenvalue weighted by Crippen LogP contribution is 2.39. The number of aromatic nitrogens is 1. The summed E-state index contributed by atoms with van der Waals surface area (Å²) in [4.78, 5) is 22.0. The van der Waals surface area contributed by atoms with Gasteiger partial charge in [-0.25, -0.2) is 0 Å². The summed E-state index contributed by atoms with van der Waals surface area (Å²) in [6, 6.07) is 14.5. The van der Waals surface area contributed by atoms with E-state index in [0.29, 0.717) is 12.2 Å². The van der Waals surface area contributed by atoms with Crippen LogP contribution in [-0.4, -0.2) is 77.7 Å². The smallest absolute Gasteiger partial charge is 0.270 e. The lowest BCUT2D eigenvalue weighted by atomic mass is 9.74. The Hall–Kier alpha value is -2.28. The third kappa shape index (κ3) is 5.03. The van der Waals surface area contributed by atoms with Gasteiger partial charge in [-0.05, 0) is 56.8 Å². The molecule has 172 valence electrons. The number of likely N-dealkylation sites (N-methyl/N-ethyl adjacent to an activating group) is 1. The largest absolute Gasteiger partial charge is 0.391 e. The zero-order valence-electron chi connectivity index (χ0n) is 19.3. The fourth-order valence-electron chi connectivity index (χ4n) is 5.35. The molecular formula is C26H36N4O2. The highest BCUT2D eigenvalue weighted by molar-refractivity contribution is 5.93. The number of carbonyl (C=O) groups is 1. The van der Waals surface area contributed by atoms with Crippen molar-refractivity contribution in [3.05, 3.63) is 65.5 Å². The highest BCUT2D eigenvalue weighted by Gasteiger charge is 2.40. The SMILES string of the molecule is Cc1cccnc1C(=O)NC[C@@]1(c2ccccc2)CC[C@H](O)[C@@H](N2CCN(C)CC2)CC1. The van der Waals surface area contributed by atoms with Crippen molar-refractivity contribution in [2.24, 2.45) is 0 Å². The van der Waals surface area contributed by atoms with Crippen molar-refractivity contribution in [2.75, 3.05) is 39.8 Å². The second-order valence-electron chi connectivity index (χ2n) is 9.55. The summed E-state index contributed by atoms with van der Waals surface area (Å²) in [5.74, 6) is -0.126. The van der Waals surface area contributed by atoms with Crippen LogP contribution in [0.4, 0.5) is 0 Å². The maximum atomic E-state index is 12.9. The minimum Gasteiger partial charge on any atom is -0.391 e. The molecule has 1 aromatic heterocycles. The predicted octanol–water partition coefficient (Wildman–Crippen LogP) is 2.61. The van der Waals surface area contributed by atoms with Gasteiger partial charge in [0.1, 0.15) is 5.69 Å². The minimum absolute atomic E-state index is 0.126. The summed E-state index contributed by atoms with van der Waals surface area (Å²) in [6.45, 7) is 6.57. The summed E-state index contributed by atoms with van der Waals surface area (Å²) < 4.78 is 0. The van der Waals surface area contributed by atoms with Crippen LogP contribution in [-0.2, 0) is 5.41 Å². The Labute approximate surface area is 191 Å². The van der Waals surface area contributed by atoms with E-state index >= 15 is 0 Å². The van der Waals surface area contributed by atoms with Crippen molar-refractivity contribution < 1.29 is 9.90 Å². The molecule has 2 fully saturated rings. The van der Waals surface area contributed by atoms with Crippen molar-refractivity contribution >= 4 is 5.91 Å². The molecule has 1 aliphatic carbocycles. The van der Waals surface area contributed by atoms with E-state index in [1.54, 1.807) is 6.20 Å². The molecule has 2 aromatic rings. The Morgan fingerprint density at radius 2 is 1.81 bits per heavy atom. The summed E-state index contributed by atoms with van der Waals surface area (Å²) in [6.07, 6.45) is 4.79. The number of nitrogens with one attached hydrogen (secondary N) is 1. The zero-order valence-corrected chi connectivity index (χ0v) is 19.3. The van der Waals surface area contributed by atoms with Gasteiger partial charge in [-0.1, -0.05) is 36.4 Å². The summed E-state index contributed by atoms with van der Waals surface area (Å²) in [7, 11) is 2.16. The van der Waals surface area contributed by atoms with E-state index in [9.17, 15) is 9.90 Å². The number of aliphatic hydroxyl groups is 1. The Morgan fingerprint density at radius 3 is 2.53 bits per heavy atom. The molecule has 1 amide bonds. The lowest BCUT2D eigenvalue weighted by Gasteiger charge is -2.39. The van der Waals surface area contributed by atoms with Crippen LogP contribution in [0.3, 0.4) is 0 Å². The van der Waals surface area contributed by atoms with Gasteiger partial charge in [0.25, 0.3) is 5.91 Å². The van der Waals surface area contributed by atoms with Crippen LogP contribution < -0.4 is 5.32 Å². The van der Waals surface area contributed by atoms with E-state index in [4.69, 9.17) is 0 Å². The predicted molar refractivity (Wildman–Crippen MR) is 127 cm³/mol. The molecule has 0 spiro atoms. The molecule has 0 bridgehead atoms. The van der Waals surface area contributed by atoms with Crippen molar-refractivity contribution in [2.45, 2.75) is 50.2 Å². The monoisotopic (exact) mass is 436 g/mol. The van der Waals surface area contributed by atoms with Gasteiger partial charge in [-0.3, -0.25) is 14.7 Å². The molecule has 6 nitrogen and oxygen atoms in total. The number of benzene rings is 1. The highest BCUT2D eigenvalue weighted by atomic mass is 16.3. The molecule has 3 atom stereocenters. The molecule has 1 saturated heterocycles. The van der Waals surface area contributed by atoms with Crippen molar-refractivity contribution in [3.63, 3.8) is 0 Å². The lowest BCUT2D eigenvalue weighted by Crippen LogP contribution is -2.52. The van der Waals surface area contributed by atoms with Crippen LogP contribution in [0.2, 0.25) is 0 Å². The molecule has 32 heavy (non-hydrogen) atoms. The molecule has 1 aromatic carbocycles. The number of nitrogens with zero attached hydrogens (tertiary/aromatic N) is 3. The van der Waals surface area contributed by atoms with E-state index in [1.807, 2.05) is 25.1 Å². The van der Waals surface area contributed by atoms with Crippen LogP contribution >= 0.6 is 0 Å². The van der Waals surface area contributed by atoms with Gasteiger partial charge >= 0.3 is 0 Å². The number of hydrogen-bond acceptors (Lipinski definition) is 5. The Bertz CT molecular complexity index is 898. The number of aliphatic hydroxyl groups excluding tert-OH is 1. The van der Waals surface area contributed by atoms with Crippen LogP contribution in [0.25, 0.3) is 0 Å². The first-order chi connectivity index (χ1) is 15.5. The first kappa shape index (κ1) is 22.9. The topological polar surface area (TPSA) is 68.7 Å². The van der Waals surface area contributed by atoms with Crippen LogP contribution in [0.15, 0.2) is 48.7 Å². The molecule has 1 saturated carbocycles. The number of hydrogen-bond donors (Lipinski definition) is 2. The fraction of sp³-hybridized carbons (Fsp3) is 0.538. The quantitative estimate of drug-likeness (QED) is 0.706. The molecule has 1 aliphatic heterocycles. The van der Waals surface area contributed by atoms with Crippen LogP contribution in [0, 0.1) is 6.92 Å². The van der Waals surface area contributed by atoms with Crippen LogP contribution in [0.1, 0.15) is 47.3 Å². The summed E-state index contributed by atoms with van der Waals surface area (Å²) in [5, 5.41) is 14.3. The molecule has 2 N–H and O–H groups in total. The molecule has 4 rings (SSSR count). The van der Waals surface area contributed by atoms with Gasteiger partial charge in [0.2, 0.25) is 0 Å². The average Bonchev–Trinajstić information content (AvgIpc) is 2.99. The van der Waals surface area contributed by atoms with Crippen LogP contribution in [0.5, 0.6) is 0 Å². The van der Waals surface area contributed by atoms with E-state index < -0.39 is 0 Å². The van der Waals surface area contributed by atoms with E-state index in [0.717, 1.165) is 57.4 Å². The van der Waals surface area contributed by atoms with Gasteiger partial charge in [-0.2, -0.15) is 0 Å². The molecule has 0 radical (unpaired) electrons. The Kier molecular flexibility index (Phi) is 7.23. The van der Waals surface area contributed by atoms with Gasteiger partial charge in [0.05, 0.1) is 6.10 Å². The molecule has 2 aliphatic rings. The maximum Gasteiger partial charge on any atom is 0.270 e. The number of amides is 1. The summed E-state index contributed by atoms with van der Waals surface area (Å²) in [5.41, 5.74) is 2.41. The molecule has 2 heterocycles. The lowest BCUT2D eigenvalue weighted by molar-refractivity contribution is 0.0200. The number of piperazine rings is 1. The van der Waals surface area contributed by atoms with Gasteiger partial charge in [0, 0.05) is 50.4 Å². The third-order valence-electron chi connectivity index (χ3n) is 7.49. The van der Waals surface area contributed by atoms with E-state index in [-0.39, 0.29) is 23.5 Å². The van der Waals surface area contributed by atoms with Crippen molar-refractivity contribution in [3.8, 4) is 0 Å². The van der Waals surface area contributed by atoms with Gasteiger partial charge in [0.15, 0.2) is 0 Å². The first-order valence-electron chi connectivity index (χ1n) is 11.8. The van der Waals surface area contributed by atoms with E-state index in [1.165, 1.54) is 5.56 Å². The van der Waals surface area contributed by atoms with Gasteiger partial charge in [-0.15, -0.1) is 0 Å². The molecular weight excluding hydrogens is 400 g/mol. The molecule has 0 unspecified atom stereocenters. The zero-order chi connectivity index (χ0) is 22.6. The number of rotatable bonds is 5. The van der Waals surface area contributed by atoms with Gasteiger partial charge < -0.3 is 15.3 Å². The molecule has 6 heteroatoms. The average molecular weight is 437 g/mol. The number of carbonyl (C=O) groups excluding carboxylic acids is 1. The number of pyridine rings is 1. The Balaban J connectivity index is 1.53. The Morgan fingerprint density at radius 1 is 1.09 bits per heavy atom. The third-order valence-corrected chi connectivity index (χ3v) is 7.49. The second kappa shape index (κ2) is 10.1. The minimum atomic E-state index is -0.335. The van der Waals surface area contributed by atoms with E-state index in [2.05, 4.69) is 51.4 Å². The fourth-order valence-corrected chi connectivity index (χ4v) is 5.35. The normalized spacial score (nSPS) is 27.6. The summed E-state index contributed by atoms with van der Waals surface area (Å²) >= 11 is 0. The maximum absolute atomic E-state index is 12.9.